The summed E-state index contributed by atoms with van der Waals surface area (Å²) >= 11 is 0. The van der Waals surface area contributed by atoms with E-state index in [9.17, 15) is 35.2 Å². The molecule has 0 radical (unpaired) electrons. The van der Waals surface area contributed by atoms with E-state index in [-0.39, 0.29) is 28.6 Å². The molecule has 2 aromatic heterocycles. The standard InChI is InChI=1S/C24H17F5N4O3S/c25-20-6-4-15(10-21(20)26)37(35,36)32-13-1-5-16(19(9-13)24(27,28)29)18-11-22(33(12-34)14-2-3-14)31-23-17(18)7-8-30-23/h1,4-12,14,32H,2-3H2,(H,30,31). The summed E-state index contributed by atoms with van der Waals surface area (Å²) in [5, 5.41) is 0.367. The molecule has 0 unspecified atom stereocenters. The summed E-state index contributed by atoms with van der Waals surface area (Å²) in [7, 11) is -4.53. The lowest BCUT2D eigenvalue weighted by molar-refractivity contribution is -0.137. The highest BCUT2D eigenvalue weighted by atomic mass is 32.2. The largest absolute Gasteiger partial charge is 0.417 e. The van der Waals surface area contributed by atoms with Gasteiger partial charge in [-0.3, -0.25) is 14.4 Å². The number of alkyl halides is 3. The van der Waals surface area contributed by atoms with Crippen LogP contribution in [0.3, 0.4) is 0 Å². The summed E-state index contributed by atoms with van der Waals surface area (Å²) in [6.07, 6.45) is -1.31. The maximum absolute atomic E-state index is 14.2. The summed E-state index contributed by atoms with van der Waals surface area (Å²) in [5.41, 5.74) is -1.44. The number of rotatable bonds is 7. The predicted octanol–water partition coefficient (Wildman–Crippen LogP) is 5.45. The van der Waals surface area contributed by atoms with E-state index in [0.29, 0.717) is 30.0 Å². The zero-order valence-corrected chi connectivity index (χ0v) is 19.5. The number of amides is 1. The number of H-pyrrole nitrogens is 1. The van der Waals surface area contributed by atoms with Crippen molar-refractivity contribution in [2.75, 3.05) is 9.62 Å². The maximum Gasteiger partial charge on any atom is 0.417 e. The first kappa shape index (κ1) is 24.7. The van der Waals surface area contributed by atoms with Crippen molar-refractivity contribution in [1.82, 2.24) is 9.97 Å². The minimum Gasteiger partial charge on any atom is -0.346 e. The SMILES string of the molecule is O=CN(c1cc(-c2ccc(NS(=O)(=O)c3ccc(F)c(F)c3)cc2C(F)(F)F)c2cc[nH]c2n1)C1CC1. The summed E-state index contributed by atoms with van der Waals surface area (Å²) in [6, 6.07) is 7.50. The molecule has 1 aliphatic carbocycles. The number of benzene rings is 2. The van der Waals surface area contributed by atoms with Crippen molar-refractivity contribution in [1.29, 1.82) is 0 Å². The lowest BCUT2D eigenvalue weighted by atomic mass is 9.97. The van der Waals surface area contributed by atoms with Gasteiger partial charge in [-0.05, 0) is 66.4 Å². The fraction of sp³-hybridized carbons (Fsp3) is 0.167. The molecule has 5 rings (SSSR count). The van der Waals surface area contributed by atoms with Gasteiger partial charge in [-0.15, -0.1) is 0 Å². The van der Waals surface area contributed by atoms with Gasteiger partial charge < -0.3 is 4.98 Å². The molecule has 0 atom stereocenters. The van der Waals surface area contributed by atoms with Gasteiger partial charge in [0.05, 0.1) is 10.5 Å². The predicted molar refractivity (Wildman–Crippen MR) is 125 cm³/mol. The number of nitrogens with zero attached hydrogens (tertiary/aromatic N) is 2. The molecule has 2 N–H and O–H groups in total. The van der Waals surface area contributed by atoms with Crippen LogP contribution in [0.1, 0.15) is 18.4 Å². The molecule has 1 fully saturated rings. The van der Waals surface area contributed by atoms with E-state index in [1.807, 2.05) is 4.72 Å². The minimum absolute atomic E-state index is 0.0829. The van der Waals surface area contributed by atoms with Crippen LogP contribution in [-0.2, 0) is 21.0 Å². The molecule has 13 heteroatoms. The average molecular weight is 536 g/mol. The van der Waals surface area contributed by atoms with E-state index in [1.54, 1.807) is 6.07 Å². The number of nitrogens with one attached hydrogen (secondary N) is 2. The smallest absolute Gasteiger partial charge is 0.346 e. The van der Waals surface area contributed by atoms with Crippen LogP contribution in [0.25, 0.3) is 22.2 Å². The number of carbonyl (C=O) groups is 1. The molecule has 0 saturated heterocycles. The van der Waals surface area contributed by atoms with E-state index in [4.69, 9.17) is 0 Å². The summed E-state index contributed by atoms with van der Waals surface area (Å²) in [6.45, 7) is 0. The molecule has 37 heavy (non-hydrogen) atoms. The zero-order valence-electron chi connectivity index (χ0n) is 18.7. The Kier molecular flexibility index (Phi) is 5.89. The van der Waals surface area contributed by atoms with Gasteiger partial charge in [0.15, 0.2) is 11.6 Å². The van der Waals surface area contributed by atoms with Crippen LogP contribution in [0.5, 0.6) is 0 Å². The Labute approximate surface area is 207 Å². The van der Waals surface area contributed by atoms with Crippen LogP contribution in [0.2, 0.25) is 0 Å². The van der Waals surface area contributed by atoms with Crippen molar-refractivity contribution in [3.8, 4) is 11.1 Å². The van der Waals surface area contributed by atoms with Gasteiger partial charge in [0, 0.05) is 23.3 Å². The Morgan fingerprint density at radius 2 is 1.76 bits per heavy atom. The third kappa shape index (κ3) is 4.73. The normalized spacial score (nSPS) is 14.1. The first-order chi connectivity index (χ1) is 17.5. The summed E-state index contributed by atoms with van der Waals surface area (Å²) < 4.78 is 96.5. The van der Waals surface area contributed by atoms with Crippen LogP contribution in [0, 0.1) is 11.6 Å². The number of sulfonamides is 1. The third-order valence-corrected chi connectivity index (χ3v) is 7.28. The van der Waals surface area contributed by atoms with Crippen molar-refractivity contribution in [2.45, 2.75) is 30.0 Å². The van der Waals surface area contributed by atoms with Crippen LogP contribution >= 0.6 is 0 Å². The number of hydrogen-bond donors (Lipinski definition) is 2. The quantitative estimate of drug-likeness (QED) is 0.243. The van der Waals surface area contributed by atoms with Crippen LogP contribution < -0.4 is 9.62 Å². The van der Waals surface area contributed by atoms with Crippen LogP contribution in [-0.4, -0.2) is 30.8 Å². The van der Waals surface area contributed by atoms with Crippen molar-refractivity contribution < 1.29 is 35.2 Å². The summed E-state index contributed by atoms with van der Waals surface area (Å²) in [4.78, 5) is 19.6. The Morgan fingerprint density at radius 1 is 1.00 bits per heavy atom. The van der Waals surface area contributed by atoms with Crippen molar-refractivity contribution in [3.63, 3.8) is 0 Å². The Balaban J connectivity index is 1.61. The van der Waals surface area contributed by atoms with Gasteiger partial charge in [0.25, 0.3) is 10.0 Å². The third-order valence-electron chi connectivity index (χ3n) is 5.90. The lowest BCUT2D eigenvalue weighted by Gasteiger charge is -2.19. The first-order valence-corrected chi connectivity index (χ1v) is 12.4. The molecule has 2 aromatic carbocycles. The number of aromatic nitrogens is 2. The zero-order chi connectivity index (χ0) is 26.5. The first-order valence-electron chi connectivity index (χ1n) is 10.9. The molecule has 192 valence electrons. The highest BCUT2D eigenvalue weighted by Crippen LogP contribution is 2.42. The maximum atomic E-state index is 14.2. The van der Waals surface area contributed by atoms with Gasteiger partial charge in [-0.25, -0.2) is 22.2 Å². The highest BCUT2D eigenvalue weighted by molar-refractivity contribution is 7.92. The molecule has 4 aromatic rings. The van der Waals surface area contributed by atoms with E-state index in [2.05, 4.69) is 9.97 Å². The fourth-order valence-electron chi connectivity index (χ4n) is 3.99. The van der Waals surface area contributed by atoms with Gasteiger partial charge in [-0.1, -0.05) is 6.07 Å². The fourth-order valence-corrected chi connectivity index (χ4v) is 5.06. The number of fused-ring (bicyclic) bond motifs is 1. The van der Waals surface area contributed by atoms with Gasteiger partial charge in [0.2, 0.25) is 6.41 Å². The molecule has 0 bridgehead atoms. The molecular formula is C24H17F5N4O3S. The topological polar surface area (TPSA) is 95.2 Å². The molecule has 1 saturated carbocycles. The van der Waals surface area contributed by atoms with E-state index in [0.717, 1.165) is 31.0 Å². The van der Waals surface area contributed by atoms with E-state index < -0.39 is 44.0 Å². The highest BCUT2D eigenvalue weighted by Gasteiger charge is 2.36. The van der Waals surface area contributed by atoms with E-state index in [1.165, 1.54) is 17.2 Å². The number of aromatic amines is 1. The molecule has 0 spiro atoms. The van der Waals surface area contributed by atoms with Crippen molar-refractivity contribution >= 4 is 39.0 Å². The van der Waals surface area contributed by atoms with Crippen molar-refractivity contribution in [3.05, 3.63) is 71.9 Å². The second kappa shape index (κ2) is 8.83. The van der Waals surface area contributed by atoms with Gasteiger partial charge >= 0.3 is 6.18 Å². The number of halogens is 5. The molecule has 1 aliphatic rings. The second-order valence-corrected chi connectivity index (χ2v) is 10.1. The molecule has 1 amide bonds. The Bertz CT molecular complexity index is 1630. The van der Waals surface area contributed by atoms with Crippen LogP contribution in [0.4, 0.5) is 33.5 Å². The Hall–Kier alpha value is -4.00. The van der Waals surface area contributed by atoms with E-state index >= 15 is 0 Å². The second-order valence-electron chi connectivity index (χ2n) is 8.45. The Morgan fingerprint density at radius 3 is 2.41 bits per heavy atom. The number of carbonyl (C=O) groups excluding carboxylic acids is 1. The monoisotopic (exact) mass is 536 g/mol. The molecule has 2 heterocycles. The minimum atomic E-state index is -4.90. The number of anilines is 2. The molecular weight excluding hydrogens is 519 g/mol. The van der Waals surface area contributed by atoms with Crippen LogP contribution in [0.15, 0.2) is 59.6 Å². The summed E-state index contributed by atoms with van der Waals surface area (Å²) in [5.74, 6) is -2.52. The molecule has 0 aliphatic heterocycles. The lowest BCUT2D eigenvalue weighted by Crippen LogP contribution is -2.24. The van der Waals surface area contributed by atoms with Gasteiger partial charge in [0.1, 0.15) is 11.5 Å². The number of hydrogen-bond acceptors (Lipinski definition) is 4. The molecule has 7 nitrogen and oxygen atoms in total. The van der Waals surface area contributed by atoms with Crippen molar-refractivity contribution in [2.24, 2.45) is 0 Å². The number of pyridine rings is 1. The van der Waals surface area contributed by atoms with Gasteiger partial charge in [-0.2, -0.15) is 13.2 Å². The average Bonchev–Trinajstić information content (AvgIpc) is 3.55.